The zero-order valence-corrected chi connectivity index (χ0v) is 34.7. The van der Waals surface area contributed by atoms with E-state index in [9.17, 15) is 30.3 Å². The van der Waals surface area contributed by atoms with Gasteiger partial charge in [-0.05, 0) is 64.2 Å². The van der Waals surface area contributed by atoms with Crippen LogP contribution in [0, 0.1) is 0 Å². The minimum absolute atomic E-state index is 0.150. The molecule has 54 heavy (non-hydrogen) atoms. The third kappa shape index (κ3) is 26.5. The van der Waals surface area contributed by atoms with Crippen LogP contribution in [0.25, 0.3) is 0 Å². The van der Waals surface area contributed by atoms with Crippen LogP contribution < -0.4 is 5.32 Å². The molecular formula is C45H85NO8. The van der Waals surface area contributed by atoms with Crippen molar-refractivity contribution in [3.8, 4) is 0 Å². The molecule has 0 saturated carbocycles. The number of aliphatic hydroxyl groups excluding tert-OH is 5. The van der Waals surface area contributed by atoms with Gasteiger partial charge < -0.3 is 40.3 Å². The summed E-state index contributed by atoms with van der Waals surface area (Å²) in [4.78, 5) is 12.9. The highest BCUT2D eigenvalue weighted by Gasteiger charge is 2.44. The van der Waals surface area contributed by atoms with Gasteiger partial charge in [0.25, 0.3) is 0 Å². The van der Waals surface area contributed by atoms with Gasteiger partial charge in [-0.25, -0.2) is 0 Å². The Hall–Kier alpha value is -1.33. The van der Waals surface area contributed by atoms with Crippen LogP contribution >= 0.6 is 0 Å². The van der Waals surface area contributed by atoms with E-state index in [2.05, 4.69) is 43.5 Å². The number of ether oxygens (including phenoxy) is 2. The van der Waals surface area contributed by atoms with E-state index >= 15 is 0 Å². The van der Waals surface area contributed by atoms with Gasteiger partial charge in [-0.1, -0.05) is 154 Å². The van der Waals surface area contributed by atoms with Crippen LogP contribution in [0.4, 0.5) is 0 Å². The number of hydrogen-bond acceptors (Lipinski definition) is 8. The third-order valence-electron chi connectivity index (χ3n) is 10.8. The van der Waals surface area contributed by atoms with Crippen LogP contribution in [0.2, 0.25) is 0 Å². The fraction of sp³-hybridized carbons (Fsp3) is 0.889. The molecule has 0 spiro atoms. The van der Waals surface area contributed by atoms with Gasteiger partial charge in [-0.15, -0.1) is 0 Å². The molecule has 0 aromatic carbocycles. The fourth-order valence-corrected chi connectivity index (χ4v) is 7.09. The Morgan fingerprint density at radius 1 is 0.611 bits per heavy atom. The van der Waals surface area contributed by atoms with E-state index in [1.807, 2.05) is 0 Å². The number of rotatable bonds is 37. The molecule has 318 valence electrons. The highest BCUT2D eigenvalue weighted by molar-refractivity contribution is 5.76. The molecule has 1 fully saturated rings. The monoisotopic (exact) mass is 768 g/mol. The number of nitrogens with one attached hydrogen (secondary N) is 1. The minimum Gasteiger partial charge on any atom is -0.394 e. The van der Waals surface area contributed by atoms with Crippen molar-refractivity contribution in [2.24, 2.45) is 0 Å². The maximum atomic E-state index is 12.9. The van der Waals surface area contributed by atoms with Crippen molar-refractivity contribution in [2.45, 2.75) is 243 Å². The van der Waals surface area contributed by atoms with Crippen molar-refractivity contribution in [3.05, 3.63) is 24.3 Å². The quantitative estimate of drug-likeness (QED) is 0.0271. The van der Waals surface area contributed by atoms with Crippen molar-refractivity contribution >= 4 is 5.91 Å². The summed E-state index contributed by atoms with van der Waals surface area (Å²) in [5.41, 5.74) is 0. The summed E-state index contributed by atoms with van der Waals surface area (Å²) in [5, 5.41) is 54.2. The van der Waals surface area contributed by atoms with Gasteiger partial charge in [0, 0.05) is 6.42 Å². The molecule has 1 aliphatic rings. The summed E-state index contributed by atoms with van der Waals surface area (Å²) in [5.74, 6) is -0.159. The van der Waals surface area contributed by atoms with Gasteiger partial charge in [0.2, 0.25) is 5.91 Å². The lowest BCUT2D eigenvalue weighted by Gasteiger charge is -2.40. The molecule has 9 nitrogen and oxygen atoms in total. The van der Waals surface area contributed by atoms with Gasteiger partial charge in [0.1, 0.15) is 24.4 Å². The van der Waals surface area contributed by atoms with Gasteiger partial charge in [0.15, 0.2) is 6.29 Å². The second-order valence-corrected chi connectivity index (χ2v) is 15.8. The summed E-state index contributed by atoms with van der Waals surface area (Å²) in [7, 11) is 0. The largest absolute Gasteiger partial charge is 0.394 e. The Labute approximate surface area is 330 Å². The van der Waals surface area contributed by atoms with E-state index in [1.165, 1.54) is 128 Å². The summed E-state index contributed by atoms with van der Waals surface area (Å²) in [6.07, 6.45) is 34.7. The van der Waals surface area contributed by atoms with Crippen molar-refractivity contribution in [2.75, 3.05) is 13.2 Å². The lowest BCUT2D eigenvalue weighted by atomic mass is 9.99. The van der Waals surface area contributed by atoms with Crippen molar-refractivity contribution in [3.63, 3.8) is 0 Å². The molecule has 1 saturated heterocycles. The molecule has 1 rings (SSSR count). The van der Waals surface area contributed by atoms with E-state index in [0.29, 0.717) is 12.8 Å². The van der Waals surface area contributed by atoms with Gasteiger partial charge in [-0.3, -0.25) is 4.79 Å². The van der Waals surface area contributed by atoms with E-state index in [-0.39, 0.29) is 12.5 Å². The third-order valence-corrected chi connectivity index (χ3v) is 10.8. The molecule has 0 bridgehead atoms. The molecule has 9 heteroatoms. The summed E-state index contributed by atoms with van der Waals surface area (Å²) < 4.78 is 11.2. The Morgan fingerprint density at radius 2 is 1.04 bits per heavy atom. The van der Waals surface area contributed by atoms with Gasteiger partial charge >= 0.3 is 0 Å². The molecule has 0 radical (unpaired) electrons. The fourth-order valence-electron chi connectivity index (χ4n) is 7.09. The van der Waals surface area contributed by atoms with Crippen LogP contribution in [-0.4, -0.2) is 87.5 Å². The minimum atomic E-state index is -1.56. The zero-order chi connectivity index (χ0) is 39.5. The summed E-state index contributed by atoms with van der Waals surface area (Å²) in [6, 6.07) is -0.734. The van der Waals surface area contributed by atoms with Gasteiger partial charge in [-0.2, -0.15) is 0 Å². The summed E-state index contributed by atoms with van der Waals surface area (Å²) in [6.45, 7) is 3.80. The van der Waals surface area contributed by atoms with Crippen molar-refractivity contribution < 1.29 is 39.8 Å². The Kier molecular flexibility index (Phi) is 33.8. The predicted molar refractivity (Wildman–Crippen MR) is 221 cm³/mol. The first-order valence-electron chi connectivity index (χ1n) is 22.5. The molecule has 1 amide bonds. The zero-order valence-electron chi connectivity index (χ0n) is 34.7. The van der Waals surface area contributed by atoms with Crippen LogP contribution in [0.3, 0.4) is 0 Å². The van der Waals surface area contributed by atoms with Gasteiger partial charge in [0.05, 0.1) is 25.4 Å². The van der Waals surface area contributed by atoms with Crippen molar-refractivity contribution in [1.29, 1.82) is 0 Å². The van der Waals surface area contributed by atoms with Crippen LogP contribution in [0.5, 0.6) is 0 Å². The van der Waals surface area contributed by atoms with E-state index in [0.717, 1.165) is 44.9 Å². The second-order valence-electron chi connectivity index (χ2n) is 15.8. The molecule has 1 aliphatic heterocycles. The number of amides is 1. The second kappa shape index (κ2) is 36.0. The lowest BCUT2D eigenvalue weighted by molar-refractivity contribution is -0.302. The number of hydrogen-bond donors (Lipinski definition) is 6. The van der Waals surface area contributed by atoms with Crippen LogP contribution in [-0.2, 0) is 14.3 Å². The average Bonchev–Trinajstić information content (AvgIpc) is 3.17. The first-order valence-corrected chi connectivity index (χ1v) is 22.5. The molecule has 0 aromatic rings. The summed E-state index contributed by atoms with van der Waals surface area (Å²) >= 11 is 0. The number of allylic oxidation sites excluding steroid dienone is 4. The lowest BCUT2D eigenvalue weighted by Crippen LogP contribution is -2.60. The number of carbonyl (C=O) groups is 1. The first kappa shape index (κ1) is 50.7. The normalized spacial score (nSPS) is 21.6. The maximum absolute atomic E-state index is 12.9. The number of unbranched alkanes of at least 4 members (excludes halogenated alkanes) is 23. The molecule has 1 heterocycles. The van der Waals surface area contributed by atoms with E-state index < -0.39 is 49.5 Å². The number of carbonyl (C=O) groups excluding carboxylic acids is 1. The number of aliphatic hydroxyl groups is 5. The smallest absolute Gasteiger partial charge is 0.220 e. The first-order chi connectivity index (χ1) is 26.3. The topological polar surface area (TPSA) is 149 Å². The van der Waals surface area contributed by atoms with Crippen LogP contribution in [0.1, 0.15) is 200 Å². The predicted octanol–water partition coefficient (Wildman–Crippen LogP) is 9.11. The molecule has 7 atom stereocenters. The Morgan fingerprint density at radius 3 is 1.50 bits per heavy atom. The highest BCUT2D eigenvalue weighted by Crippen LogP contribution is 2.23. The average molecular weight is 768 g/mol. The molecular weight excluding hydrogens is 682 g/mol. The molecule has 2 unspecified atom stereocenters. The highest BCUT2D eigenvalue weighted by atomic mass is 16.7. The van der Waals surface area contributed by atoms with Crippen LogP contribution in [0.15, 0.2) is 24.3 Å². The van der Waals surface area contributed by atoms with E-state index in [4.69, 9.17) is 9.47 Å². The van der Waals surface area contributed by atoms with E-state index in [1.54, 1.807) is 0 Å². The molecule has 6 N–H and O–H groups in total. The van der Waals surface area contributed by atoms with Crippen molar-refractivity contribution in [1.82, 2.24) is 5.32 Å². The molecule has 0 aliphatic carbocycles. The maximum Gasteiger partial charge on any atom is 0.220 e. The SMILES string of the molecule is CCCCCCCC/C=C/CCCCCCCCCC(=O)N[C@@H](CO[C@H]1O[C@@H](CO)[C@H](O)C(O)C1O)[C@H](O)CCCC/C=C/CCCCCCCCCC. The Bertz CT molecular complexity index is 899. The molecule has 0 aromatic heterocycles. The Balaban J connectivity index is 2.36. The standard InChI is InChI=1S/C45H85NO8/c1-3-5-7-9-11-13-15-17-19-20-21-23-25-27-29-31-33-35-41(49)46-38(37-53-45-44(52)43(51)42(50)40(36-47)54-45)39(48)34-32-30-28-26-24-22-18-16-14-12-10-8-6-4-2/h17,19,24,26,38-40,42-45,47-48,50-52H,3-16,18,20-23,25,27-37H2,1-2H3,(H,46,49)/b19-17+,26-24+/t38-,39+,40-,42-,43?,44?,45-/m0/s1.